The van der Waals surface area contributed by atoms with E-state index in [4.69, 9.17) is 9.84 Å². The van der Waals surface area contributed by atoms with Gasteiger partial charge < -0.3 is 15.2 Å². The molecule has 0 aliphatic carbocycles. The van der Waals surface area contributed by atoms with Crippen LogP contribution in [0, 0.1) is 0 Å². The molecule has 2 aliphatic rings. The summed E-state index contributed by atoms with van der Waals surface area (Å²) in [6, 6.07) is 13.5. The van der Waals surface area contributed by atoms with Gasteiger partial charge in [-0.3, -0.25) is 4.90 Å². The Morgan fingerprint density at radius 2 is 1.96 bits per heavy atom. The van der Waals surface area contributed by atoms with Crippen LogP contribution in [0.25, 0.3) is 0 Å². The maximum atomic E-state index is 12.7. The number of anilines is 1. The predicted molar refractivity (Wildman–Crippen MR) is 87.2 cm³/mol. The van der Waals surface area contributed by atoms with Gasteiger partial charge in [-0.15, -0.1) is 0 Å². The fourth-order valence-electron chi connectivity index (χ4n) is 3.47. The fourth-order valence-corrected chi connectivity index (χ4v) is 3.47. The molecule has 6 nitrogen and oxygen atoms in total. The Balaban J connectivity index is 1.75. The van der Waals surface area contributed by atoms with Crippen molar-refractivity contribution in [3.8, 4) is 5.75 Å². The van der Waals surface area contributed by atoms with E-state index in [1.807, 2.05) is 31.2 Å². The van der Waals surface area contributed by atoms with Crippen LogP contribution in [-0.4, -0.2) is 22.8 Å². The summed E-state index contributed by atoms with van der Waals surface area (Å²) in [6.07, 6.45) is 0.608. The molecule has 6 heteroatoms. The highest BCUT2D eigenvalue weighted by Crippen LogP contribution is 2.45. The summed E-state index contributed by atoms with van der Waals surface area (Å²) >= 11 is 0. The Labute approximate surface area is 138 Å². The summed E-state index contributed by atoms with van der Waals surface area (Å²) in [5.74, 6) is -0.248. The molecule has 2 aromatic rings. The molecular weight excluding hydrogens is 308 g/mol. The number of carboxylic acids is 1. The van der Waals surface area contributed by atoms with Gasteiger partial charge in [0.05, 0.1) is 11.6 Å². The first-order chi connectivity index (χ1) is 11.5. The molecule has 122 valence electrons. The van der Waals surface area contributed by atoms with Gasteiger partial charge in [-0.1, -0.05) is 18.2 Å². The molecule has 2 atom stereocenters. The number of benzene rings is 2. The van der Waals surface area contributed by atoms with E-state index >= 15 is 0 Å². The minimum absolute atomic E-state index is 0.0954. The van der Waals surface area contributed by atoms with Crippen molar-refractivity contribution in [2.24, 2.45) is 0 Å². The number of carbonyl (C=O) groups excluding carboxylic acids is 1. The van der Waals surface area contributed by atoms with Crippen LogP contribution in [0.5, 0.6) is 5.75 Å². The molecule has 2 aliphatic heterocycles. The standard InChI is InChI=1S/C18H16N2O4/c1-18-10-14(13-4-2-3-5-15(13)24-18)19-17(23)20(18)12-8-6-11(7-9-12)16(21)22/h2-9,14H,10H2,1H3,(H,19,23)(H,21,22). The molecule has 2 heterocycles. The van der Waals surface area contributed by atoms with Crippen LogP contribution in [0.4, 0.5) is 10.5 Å². The van der Waals surface area contributed by atoms with Crippen LogP contribution in [0.2, 0.25) is 0 Å². The second kappa shape index (κ2) is 4.99. The Hall–Kier alpha value is -3.02. The Bertz CT molecular complexity index is 833. The zero-order chi connectivity index (χ0) is 16.9. The minimum Gasteiger partial charge on any atom is -0.478 e. The monoisotopic (exact) mass is 324 g/mol. The van der Waals surface area contributed by atoms with E-state index < -0.39 is 11.7 Å². The molecule has 2 amide bonds. The zero-order valence-electron chi connectivity index (χ0n) is 13.0. The highest BCUT2D eigenvalue weighted by molar-refractivity contribution is 5.95. The summed E-state index contributed by atoms with van der Waals surface area (Å²) in [7, 11) is 0. The molecule has 2 N–H and O–H groups in total. The lowest BCUT2D eigenvalue weighted by Crippen LogP contribution is -2.65. The molecule has 0 saturated carbocycles. The molecule has 2 aromatic carbocycles. The van der Waals surface area contributed by atoms with E-state index in [0.29, 0.717) is 12.1 Å². The molecule has 0 spiro atoms. The predicted octanol–water partition coefficient (Wildman–Crippen LogP) is 3.15. The third-order valence-electron chi connectivity index (χ3n) is 4.55. The largest absolute Gasteiger partial charge is 0.478 e. The second-order valence-electron chi connectivity index (χ2n) is 6.21. The molecule has 2 bridgehead atoms. The maximum absolute atomic E-state index is 12.7. The van der Waals surface area contributed by atoms with Crippen molar-refractivity contribution < 1.29 is 19.4 Å². The van der Waals surface area contributed by atoms with E-state index in [0.717, 1.165) is 11.3 Å². The number of ether oxygens (including phenoxy) is 1. The van der Waals surface area contributed by atoms with Gasteiger partial charge in [-0.2, -0.15) is 0 Å². The smallest absolute Gasteiger partial charge is 0.335 e. The van der Waals surface area contributed by atoms with Gasteiger partial charge in [-0.05, 0) is 37.3 Å². The highest BCUT2D eigenvalue weighted by atomic mass is 16.5. The molecule has 0 aromatic heterocycles. The summed E-state index contributed by atoms with van der Waals surface area (Å²) in [4.78, 5) is 25.2. The SMILES string of the molecule is CC12CC(NC(=O)N1c1ccc(C(=O)O)cc1)c1ccccc1O2. The van der Waals surface area contributed by atoms with E-state index in [1.165, 1.54) is 12.1 Å². The third-order valence-corrected chi connectivity index (χ3v) is 4.55. The lowest BCUT2D eigenvalue weighted by atomic mass is 9.90. The Kier molecular flexibility index (Phi) is 3.03. The third kappa shape index (κ3) is 2.11. The van der Waals surface area contributed by atoms with Gasteiger partial charge >= 0.3 is 12.0 Å². The van der Waals surface area contributed by atoms with Gasteiger partial charge in [0.25, 0.3) is 0 Å². The van der Waals surface area contributed by atoms with Crippen molar-refractivity contribution in [3.63, 3.8) is 0 Å². The second-order valence-corrected chi connectivity index (χ2v) is 6.21. The summed E-state index contributed by atoms with van der Waals surface area (Å²) < 4.78 is 6.15. The summed E-state index contributed by atoms with van der Waals surface area (Å²) in [5, 5.41) is 12.0. The first-order valence-electron chi connectivity index (χ1n) is 7.70. The van der Waals surface area contributed by atoms with Gasteiger partial charge in [0.15, 0.2) is 5.72 Å². The quantitative estimate of drug-likeness (QED) is 0.889. The maximum Gasteiger partial charge on any atom is 0.335 e. The van der Waals surface area contributed by atoms with Crippen LogP contribution in [0.3, 0.4) is 0 Å². The van der Waals surface area contributed by atoms with E-state index in [1.54, 1.807) is 17.0 Å². The first kappa shape index (κ1) is 14.6. The molecule has 24 heavy (non-hydrogen) atoms. The Morgan fingerprint density at radius 1 is 1.25 bits per heavy atom. The number of nitrogens with one attached hydrogen (secondary N) is 1. The van der Waals surface area contributed by atoms with Gasteiger partial charge in [0.2, 0.25) is 0 Å². The number of urea groups is 1. The Morgan fingerprint density at radius 3 is 2.67 bits per heavy atom. The lowest BCUT2D eigenvalue weighted by Gasteiger charge is -2.50. The number of amides is 2. The number of hydrogen-bond donors (Lipinski definition) is 2. The summed E-state index contributed by atoms with van der Waals surface area (Å²) in [5.41, 5.74) is 0.919. The first-order valence-corrected chi connectivity index (χ1v) is 7.70. The van der Waals surface area contributed by atoms with Crippen LogP contribution >= 0.6 is 0 Å². The highest BCUT2D eigenvalue weighted by Gasteiger charge is 2.49. The number of para-hydroxylation sites is 1. The number of carboxylic acid groups (broad SMARTS) is 1. The van der Waals surface area contributed by atoms with Crippen molar-refractivity contribution in [1.82, 2.24) is 5.32 Å². The molecule has 2 unspecified atom stereocenters. The van der Waals surface area contributed by atoms with Crippen LogP contribution in [0.15, 0.2) is 48.5 Å². The van der Waals surface area contributed by atoms with Crippen molar-refractivity contribution in [2.75, 3.05) is 4.90 Å². The van der Waals surface area contributed by atoms with Crippen LogP contribution < -0.4 is 15.0 Å². The van der Waals surface area contributed by atoms with Crippen LogP contribution in [-0.2, 0) is 0 Å². The number of nitrogens with zero attached hydrogens (tertiary/aromatic N) is 1. The number of aromatic carboxylic acids is 1. The summed E-state index contributed by atoms with van der Waals surface area (Å²) in [6.45, 7) is 1.87. The number of rotatable bonds is 2. The molecule has 0 radical (unpaired) electrons. The molecule has 1 saturated heterocycles. The minimum atomic E-state index is -1.00. The van der Waals surface area contributed by atoms with Crippen molar-refractivity contribution in [3.05, 3.63) is 59.7 Å². The van der Waals surface area contributed by atoms with E-state index in [-0.39, 0.29) is 17.6 Å². The average molecular weight is 324 g/mol. The molecular formula is C18H16N2O4. The number of carbonyl (C=O) groups is 2. The fraction of sp³-hybridized carbons (Fsp3) is 0.222. The topological polar surface area (TPSA) is 78.9 Å². The van der Waals surface area contributed by atoms with Gasteiger partial charge in [0, 0.05) is 17.7 Å². The lowest BCUT2D eigenvalue weighted by molar-refractivity contribution is 0.0379. The van der Waals surface area contributed by atoms with Gasteiger partial charge in [0.1, 0.15) is 5.75 Å². The van der Waals surface area contributed by atoms with Crippen molar-refractivity contribution in [1.29, 1.82) is 0 Å². The van der Waals surface area contributed by atoms with Crippen molar-refractivity contribution >= 4 is 17.7 Å². The normalized spacial score (nSPS) is 24.6. The number of hydrogen-bond acceptors (Lipinski definition) is 3. The zero-order valence-corrected chi connectivity index (χ0v) is 13.0. The van der Waals surface area contributed by atoms with Crippen LogP contribution in [0.1, 0.15) is 35.3 Å². The molecule has 4 rings (SSSR count). The number of fused-ring (bicyclic) bond motifs is 4. The average Bonchev–Trinajstić information content (AvgIpc) is 2.54. The van der Waals surface area contributed by atoms with Crippen molar-refractivity contribution in [2.45, 2.75) is 25.1 Å². The molecule has 1 fully saturated rings. The van der Waals surface area contributed by atoms with E-state index in [9.17, 15) is 9.59 Å². The van der Waals surface area contributed by atoms with Gasteiger partial charge in [-0.25, -0.2) is 9.59 Å². The van der Waals surface area contributed by atoms with E-state index in [2.05, 4.69) is 5.32 Å².